The van der Waals surface area contributed by atoms with Crippen LogP contribution in [0, 0.1) is 25.7 Å². The van der Waals surface area contributed by atoms with E-state index in [1.54, 1.807) is 11.3 Å². The van der Waals surface area contributed by atoms with Crippen LogP contribution in [0.3, 0.4) is 0 Å². The van der Waals surface area contributed by atoms with Gasteiger partial charge in [-0.3, -0.25) is 0 Å². The fourth-order valence-corrected chi connectivity index (χ4v) is 4.12. The number of thiazole rings is 1. The number of hydrogen-bond donors (Lipinski definition) is 2. The van der Waals surface area contributed by atoms with Gasteiger partial charge in [-0.15, -0.1) is 11.3 Å². The maximum Gasteiger partial charge on any atom is 0.0900 e. The van der Waals surface area contributed by atoms with Gasteiger partial charge in [-0.25, -0.2) is 4.98 Å². The molecule has 3 unspecified atom stereocenters. The van der Waals surface area contributed by atoms with Gasteiger partial charge in [0.15, 0.2) is 0 Å². The summed E-state index contributed by atoms with van der Waals surface area (Å²) in [6, 6.07) is 0.368. The smallest absolute Gasteiger partial charge is 0.0900 e. The Bertz CT molecular complexity index is 405. The van der Waals surface area contributed by atoms with Crippen LogP contribution in [0.25, 0.3) is 0 Å². The number of aromatic nitrogens is 1. The van der Waals surface area contributed by atoms with E-state index in [-0.39, 0.29) is 0 Å². The summed E-state index contributed by atoms with van der Waals surface area (Å²) in [5, 5.41) is 14.2. The standard InChI is InChI=1S/C15H26N2OS/c1-10(15-11(2)17-12(3)19-15)16-8-13-6-4-5-7-14(13)9-18/h10,13-14,16,18H,4-9H2,1-3H3. The molecular weight excluding hydrogens is 256 g/mol. The first kappa shape index (κ1) is 14.9. The van der Waals surface area contributed by atoms with Gasteiger partial charge in [0, 0.05) is 17.5 Å². The van der Waals surface area contributed by atoms with Gasteiger partial charge in [0.2, 0.25) is 0 Å². The maximum absolute atomic E-state index is 9.46. The molecule has 0 amide bonds. The molecule has 1 aliphatic carbocycles. The van der Waals surface area contributed by atoms with Crippen molar-refractivity contribution in [2.75, 3.05) is 13.2 Å². The third kappa shape index (κ3) is 3.77. The molecule has 2 N–H and O–H groups in total. The Morgan fingerprint density at radius 3 is 2.58 bits per heavy atom. The van der Waals surface area contributed by atoms with E-state index in [0.29, 0.717) is 24.5 Å². The summed E-state index contributed by atoms with van der Waals surface area (Å²) in [5.74, 6) is 1.13. The van der Waals surface area contributed by atoms with Gasteiger partial charge in [-0.05, 0) is 52.0 Å². The van der Waals surface area contributed by atoms with Crippen molar-refractivity contribution in [2.45, 2.75) is 52.5 Å². The predicted molar refractivity (Wildman–Crippen MR) is 80.5 cm³/mol. The van der Waals surface area contributed by atoms with Crippen LogP contribution in [-0.2, 0) is 0 Å². The molecule has 0 aromatic carbocycles. The van der Waals surface area contributed by atoms with Gasteiger partial charge in [0.05, 0.1) is 10.7 Å². The molecule has 1 fully saturated rings. The van der Waals surface area contributed by atoms with Gasteiger partial charge in [0.1, 0.15) is 0 Å². The number of nitrogens with zero attached hydrogens (tertiary/aromatic N) is 1. The molecule has 1 heterocycles. The molecule has 0 saturated heterocycles. The fourth-order valence-electron chi connectivity index (χ4n) is 3.16. The normalized spacial score (nSPS) is 25.5. The second-order valence-corrected chi connectivity index (χ2v) is 7.03. The number of aryl methyl sites for hydroxylation is 2. The van der Waals surface area contributed by atoms with E-state index in [1.165, 1.54) is 30.6 Å². The first-order chi connectivity index (χ1) is 9.11. The van der Waals surface area contributed by atoms with Gasteiger partial charge >= 0.3 is 0 Å². The molecule has 0 bridgehead atoms. The molecule has 1 aromatic rings. The topological polar surface area (TPSA) is 45.2 Å². The van der Waals surface area contributed by atoms with Crippen LogP contribution >= 0.6 is 11.3 Å². The average Bonchev–Trinajstić information content (AvgIpc) is 2.75. The molecule has 108 valence electrons. The fraction of sp³-hybridized carbons (Fsp3) is 0.800. The van der Waals surface area contributed by atoms with Crippen molar-refractivity contribution in [2.24, 2.45) is 11.8 Å². The molecule has 4 heteroatoms. The van der Waals surface area contributed by atoms with Crippen LogP contribution in [0.5, 0.6) is 0 Å². The first-order valence-corrected chi connectivity index (χ1v) is 8.21. The van der Waals surface area contributed by atoms with Crippen molar-refractivity contribution < 1.29 is 5.11 Å². The van der Waals surface area contributed by atoms with E-state index in [2.05, 4.69) is 31.1 Å². The lowest BCUT2D eigenvalue weighted by Crippen LogP contribution is -2.33. The minimum Gasteiger partial charge on any atom is -0.396 e. The van der Waals surface area contributed by atoms with E-state index in [4.69, 9.17) is 0 Å². The van der Waals surface area contributed by atoms with Crippen LogP contribution < -0.4 is 5.32 Å². The molecule has 0 spiro atoms. The Labute approximate surface area is 120 Å². The Morgan fingerprint density at radius 2 is 2.00 bits per heavy atom. The molecule has 1 aliphatic rings. The number of rotatable bonds is 5. The first-order valence-electron chi connectivity index (χ1n) is 7.40. The zero-order valence-corrected chi connectivity index (χ0v) is 13.1. The lowest BCUT2D eigenvalue weighted by molar-refractivity contribution is 0.131. The van der Waals surface area contributed by atoms with Crippen LogP contribution in [0.1, 0.15) is 54.2 Å². The van der Waals surface area contributed by atoms with Crippen LogP contribution in [-0.4, -0.2) is 23.2 Å². The molecule has 3 atom stereocenters. The highest BCUT2D eigenvalue weighted by atomic mass is 32.1. The Balaban J connectivity index is 1.89. The Kier molecular flexibility index (Phi) is 5.37. The van der Waals surface area contributed by atoms with Gasteiger partial charge in [0.25, 0.3) is 0 Å². The lowest BCUT2D eigenvalue weighted by atomic mass is 9.79. The van der Waals surface area contributed by atoms with E-state index in [9.17, 15) is 5.11 Å². The molecule has 2 rings (SSSR count). The maximum atomic E-state index is 9.46. The summed E-state index contributed by atoms with van der Waals surface area (Å²) in [6.07, 6.45) is 5.04. The van der Waals surface area contributed by atoms with E-state index >= 15 is 0 Å². The zero-order valence-electron chi connectivity index (χ0n) is 12.3. The van der Waals surface area contributed by atoms with E-state index in [1.807, 2.05) is 0 Å². The van der Waals surface area contributed by atoms with Crippen molar-refractivity contribution in [3.05, 3.63) is 15.6 Å². The summed E-state index contributed by atoms with van der Waals surface area (Å²) < 4.78 is 0. The van der Waals surface area contributed by atoms with Gasteiger partial charge in [-0.1, -0.05) is 12.8 Å². The quantitative estimate of drug-likeness (QED) is 0.871. The molecule has 0 radical (unpaired) electrons. The summed E-state index contributed by atoms with van der Waals surface area (Å²) in [5.41, 5.74) is 1.16. The van der Waals surface area contributed by atoms with Gasteiger partial charge in [-0.2, -0.15) is 0 Å². The number of hydrogen-bond acceptors (Lipinski definition) is 4. The number of nitrogens with one attached hydrogen (secondary N) is 1. The summed E-state index contributed by atoms with van der Waals surface area (Å²) in [4.78, 5) is 5.85. The van der Waals surface area contributed by atoms with Crippen molar-refractivity contribution >= 4 is 11.3 Å². The lowest BCUT2D eigenvalue weighted by Gasteiger charge is -2.31. The molecule has 1 aromatic heterocycles. The largest absolute Gasteiger partial charge is 0.396 e. The zero-order chi connectivity index (χ0) is 13.8. The minimum atomic E-state index is 0.347. The van der Waals surface area contributed by atoms with Crippen molar-refractivity contribution in [1.29, 1.82) is 0 Å². The molecular formula is C15H26N2OS. The number of aliphatic hydroxyl groups excluding tert-OH is 1. The third-order valence-electron chi connectivity index (χ3n) is 4.32. The number of aliphatic hydroxyl groups is 1. The SMILES string of the molecule is Cc1nc(C)c(C(C)NCC2CCCCC2CO)s1. The van der Waals surface area contributed by atoms with Gasteiger partial charge < -0.3 is 10.4 Å². The van der Waals surface area contributed by atoms with E-state index in [0.717, 1.165) is 17.2 Å². The molecule has 1 saturated carbocycles. The highest BCUT2D eigenvalue weighted by Gasteiger charge is 2.25. The van der Waals surface area contributed by atoms with Crippen LogP contribution in [0.2, 0.25) is 0 Å². The molecule has 3 nitrogen and oxygen atoms in total. The third-order valence-corrected chi connectivity index (χ3v) is 5.58. The highest BCUT2D eigenvalue weighted by molar-refractivity contribution is 7.11. The minimum absolute atomic E-state index is 0.347. The highest BCUT2D eigenvalue weighted by Crippen LogP contribution is 2.30. The summed E-state index contributed by atoms with van der Waals surface area (Å²) in [6.45, 7) is 7.74. The Morgan fingerprint density at radius 1 is 1.32 bits per heavy atom. The second-order valence-electron chi connectivity index (χ2n) is 5.80. The second kappa shape index (κ2) is 6.82. The monoisotopic (exact) mass is 282 g/mol. The van der Waals surface area contributed by atoms with E-state index < -0.39 is 0 Å². The summed E-state index contributed by atoms with van der Waals surface area (Å²) >= 11 is 1.79. The average molecular weight is 282 g/mol. The van der Waals surface area contributed by atoms with Crippen molar-refractivity contribution in [3.63, 3.8) is 0 Å². The van der Waals surface area contributed by atoms with Crippen LogP contribution in [0.15, 0.2) is 0 Å². The molecule has 0 aliphatic heterocycles. The Hall–Kier alpha value is -0.450. The van der Waals surface area contributed by atoms with Crippen molar-refractivity contribution in [1.82, 2.24) is 10.3 Å². The van der Waals surface area contributed by atoms with Crippen LogP contribution in [0.4, 0.5) is 0 Å². The van der Waals surface area contributed by atoms with Crippen molar-refractivity contribution in [3.8, 4) is 0 Å². The molecule has 19 heavy (non-hydrogen) atoms. The summed E-state index contributed by atoms with van der Waals surface area (Å²) in [7, 11) is 0. The predicted octanol–water partition coefficient (Wildman–Crippen LogP) is 3.21.